The van der Waals surface area contributed by atoms with E-state index in [4.69, 9.17) is 4.74 Å². The quantitative estimate of drug-likeness (QED) is 0.248. The number of alkyl halides is 3. The van der Waals surface area contributed by atoms with Crippen LogP contribution in [-0.2, 0) is 12.6 Å². The average Bonchev–Trinajstić information content (AvgIpc) is 2.98. The molecule has 1 fully saturated rings. The van der Waals surface area contributed by atoms with Crippen molar-refractivity contribution >= 4 is 17.3 Å². The molecule has 6 nitrogen and oxygen atoms in total. The predicted octanol–water partition coefficient (Wildman–Crippen LogP) is 8.07. The van der Waals surface area contributed by atoms with Crippen LogP contribution in [0, 0.1) is 6.92 Å². The van der Waals surface area contributed by atoms with Crippen molar-refractivity contribution in [3.63, 3.8) is 0 Å². The minimum Gasteiger partial charge on any atom is -0.438 e. The Bertz CT molecular complexity index is 1550. The number of aromatic nitrogens is 2. The monoisotopic (exact) mass is 560 g/mol. The van der Waals surface area contributed by atoms with E-state index in [1.807, 2.05) is 43.0 Å². The van der Waals surface area contributed by atoms with Gasteiger partial charge in [0.1, 0.15) is 5.75 Å². The molecule has 1 aliphatic rings. The van der Waals surface area contributed by atoms with Gasteiger partial charge < -0.3 is 15.0 Å². The zero-order valence-electron chi connectivity index (χ0n) is 23.0. The van der Waals surface area contributed by atoms with Gasteiger partial charge in [0.2, 0.25) is 5.88 Å². The number of pyridine rings is 2. The summed E-state index contributed by atoms with van der Waals surface area (Å²) in [4.78, 5) is 24.2. The Kier molecular flexibility index (Phi) is 8.23. The van der Waals surface area contributed by atoms with Crippen molar-refractivity contribution in [3.05, 3.63) is 95.4 Å². The van der Waals surface area contributed by atoms with E-state index in [1.165, 1.54) is 6.07 Å². The molecule has 1 N–H and O–H groups in total. The second kappa shape index (κ2) is 12.0. The van der Waals surface area contributed by atoms with E-state index in [2.05, 4.69) is 15.3 Å². The average molecular weight is 561 g/mol. The van der Waals surface area contributed by atoms with Crippen molar-refractivity contribution in [2.75, 3.05) is 23.3 Å². The minimum atomic E-state index is -4.53. The summed E-state index contributed by atoms with van der Waals surface area (Å²) in [5.41, 5.74) is 3.53. The van der Waals surface area contributed by atoms with Crippen molar-refractivity contribution in [1.82, 2.24) is 9.97 Å². The first kappa shape index (κ1) is 28.1. The third-order valence-electron chi connectivity index (χ3n) is 7.19. The highest BCUT2D eigenvalue weighted by molar-refractivity contribution is 6.06. The Morgan fingerprint density at radius 1 is 0.976 bits per heavy atom. The summed E-state index contributed by atoms with van der Waals surface area (Å²) < 4.78 is 46.9. The van der Waals surface area contributed by atoms with E-state index in [-0.39, 0.29) is 11.3 Å². The number of carbonyl (C=O) groups is 1. The summed E-state index contributed by atoms with van der Waals surface area (Å²) in [6, 6.07) is 16.1. The Hall–Kier alpha value is -4.40. The van der Waals surface area contributed by atoms with Crippen LogP contribution < -0.4 is 15.0 Å². The molecule has 4 aromatic rings. The number of halogens is 3. The van der Waals surface area contributed by atoms with Gasteiger partial charge in [0.05, 0.1) is 16.9 Å². The number of carbonyl (C=O) groups excluding carboxylic acids is 1. The molecule has 0 atom stereocenters. The van der Waals surface area contributed by atoms with E-state index in [0.717, 1.165) is 73.3 Å². The van der Waals surface area contributed by atoms with Gasteiger partial charge in [0, 0.05) is 42.3 Å². The van der Waals surface area contributed by atoms with Gasteiger partial charge in [-0.2, -0.15) is 13.2 Å². The summed E-state index contributed by atoms with van der Waals surface area (Å²) in [5, 5.41) is 2.74. The molecule has 0 bridgehead atoms. The topological polar surface area (TPSA) is 67.3 Å². The molecule has 2 aromatic carbocycles. The lowest BCUT2D eigenvalue weighted by Gasteiger charge is -2.31. The first-order chi connectivity index (χ1) is 19.7. The van der Waals surface area contributed by atoms with Gasteiger partial charge in [-0.25, -0.2) is 4.98 Å². The lowest BCUT2D eigenvalue weighted by atomic mass is 10.1. The molecule has 0 aliphatic carbocycles. The molecular weight excluding hydrogens is 529 g/mol. The van der Waals surface area contributed by atoms with Gasteiger partial charge in [-0.1, -0.05) is 13.0 Å². The number of benzene rings is 2. The summed E-state index contributed by atoms with van der Waals surface area (Å²) in [6.45, 7) is 5.32. The van der Waals surface area contributed by atoms with Gasteiger partial charge in [0.15, 0.2) is 0 Å². The number of nitrogens with one attached hydrogen (secondary N) is 1. The van der Waals surface area contributed by atoms with Crippen LogP contribution in [0.5, 0.6) is 11.6 Å². The minimum absolute atomic E-state index is 0.131. The summed E-state index contributed by atoms with van der Waals surface area (Å²) >= 11 is 0. The fourth-order valence-electron chi connectivity index (χ4n) is 4.90. The summed E-state index contributed by atoms with van der Waals surface area (Å²) in [5.74, 6) is 0.254. The number of anilines is 2. The van der Waals surface area contributed by atoms with E-state index >= 15 is 0 Å². The molecule has 2 aromatic heterocycles. The number of rotatable bonds is 7. The standard InChI is InChI=1S/C32H31F3N4O2/c1-3-25-18-22(13-15-36-25)26-8-7-14-37-31(26)41-29-19-23(10-9-21(29)2)30(40)38-27-20-24(32(33,34)35)11-12-28(27)39-16-5-4-6-17-39/h7-15,18-20H,3-6,16-17H2,1-2H3,(H,38,40). The summed E-state index contributed by atoms with van der Waals surface area (Å²) in [7, 11) is 0. The van der Waals surface area contributed by atoms with E-state index in [9.17, 15) is 18.0 Å². The second-order valence-corrected chi connectivity index (χ2v) is 10.1. The Balaban J connectivity index is 1.44. The van der Waals surface area contributed by atoms with Gasteiger partial charge in [-0.05, 0) is 98.3 Å². The van der Waals surface area contributed by atoms with Gasteiger partial charge >= 0.3 is 6.18 Å². The molecule has 0 unspecified atom stereocenters. The molecular formula is C32H31F3N4O2. The second-order valence-electron chi connectivity index (χ2n) is 10.1. The number of piperidine rings is 1. The summed E-state index contributed by atoms with van der Waals surface area (Å²) in [6.07, 6.45) is 2.59. The lowest BCUT2D eigenvalue weighted by Crippen LogP contribution is -2.30. The van der Waals surface area contributed by atoms with Crippen LogP contribution in [0.4, 0.5) is 24.5 Å². The maximum Gasteiger partial charge on any atom is 0.416 e. The largest absolute Gasteiger partial charge is 0.438 e. The molecule has 3 heterocycles. The first-order valence-corrected chi connectivity index (χ1v) is 13.7. The number of aryl methyl sites for hydroxylation is 2. The fraction of sp³-hybridized carbons (Fsp3) is 0.281. The van der Waals surface area contributed by atoms with Crippen LogP contribution in [0.3, 0.4) is 0 Å². The lowest BCUT2D eigenvalue weighted by molar-refractivity contribution is -0.137. The Labute approximate surface area is 237 Å². The molecule has 5 rings (SSSR count). The van der Waals surface area contributed by atoms with Gasteiger partial charge in [-0.15, -0.1) is 0 Å². The highest BCUT2D eigenvalue weighted by Crippen LogP contribution is 2.37. The van der Waals surface area contributed by atoms with Crippen molar-refractivity contribution < 1.29 is 22.7 Å². The SMILES string of the molecule is CCc1cc(-c2cccnc2Oc2cc(C(=O)Nc3cc(C(F)(F)F)ccc3N3CCCCC3)ccc2C)ccn1. The molecule has 0 radical (unpaired) electrons. The van der Waals surface area contributed by atoms with Crippen LogP contribution in [-0.4, -0.2) is 29.0 Å². The highest BCUT2D eigenvalue weighted by atomic mass is 19.4. The molecule has 1 aliphatic heterocycles. The van der Waals surface area contributed by atoms with E-state index < -0.39 is 17.6 Å². The molecule has 1 amide bonds. The maximum absolute atomic E-state index is 13.6. The number of ether oxygens (including phenoxy) is 1. The first-order valence-electron chi connectivity index (χ1n) is 13.7. The number of hydrogen-bond donors (Lipinski definition) is 1. The molecule has 212 valence electrons. The zero-order chi connectivity index (χ0) is 29.0. The predicted molar refractivity (Wildman–Crippen MR) is 154 cm³/mol. The zero-order valence-corrected chi connectivity index (χ0v) is 23.0. The van der Waals surface area contributed by atoms with Crippen LogP contribution in [0.1, 0.15) is 53.4 Å². The van der Waals surface area contributed by atoms with Crippen molar-refractivity contribution in [3.8, 4) is 22.8 Å². The third kappa shape index (κ3) is 6.51. The van der Waals surface area contributed by atoms with Crippen LogP contribution in [0.25, 0.3) is 11.1 Å². The van der Waals surface area contributed by atoms with Crippen molar-refractivity contribution in [1.29, 1.82) is 0 Å². The van der Waals surface area contributed by atoms with Crippen LogP contribution in [0.2, 0.25) is 0 Å². The number of hydrogen-bond acceptors (Lipinski definition) is 5. The van der Waals surface area contributed by atoms with E-state index in [0.29, 0.717) is 17.3 Å². The van der Waals surface area contributed by atoms with Crippen molar-refractivity contribution in [2.45, 2.75) is 45.7 Å². The molecule has 0 saturated carbocycles. The van der Waals surface area contributed by atoms with Crippen LogP contribution in [0.15, 0.2) is 73.1 Å². The third-order valence-corrected chi connectivity index (χ3v) is 7.19. The molecule has 41 heavy (non-hydrogen) atoms. The van der Waals surface area contributed by atoms with Gasteiger partial charge in [-0.3, -0.25) is 9.78 Å². The smallest absolute Gasteiger partial charge is 0.416 e. The maximum atomic E-state index is 13.6. The van der Waals surface area contributed by atoms with E-state index in [1.54, 1.807) is 30.6 Å². The fourth-order valence-corrected chi connectivity index (χ4v) is 4.90. The normalized spacial score (nSPS) is 13.6. The van der Waals surface area contributed by atoms with Gasteiger partial charge in [0.25, 0.3) is 5.91 Å². The Morgan fingerprint density at radius 2 is 1.78 bits per heavy atom. The molecule has 1 saturated heterocycles. The van der Waals surface area contributed by atoms with Crippen LogP contribution >= 0.6 is 0 Å². The Morgan fingerprint density at radius 3 is 2.54 bits per heavy atom. The number of nitrogens with zero attached hydrogens (tertiary/aromatic N) is 3. The molecule has 0 spiro atoms. The number of amides is 1. The highest BCUT2D eigenvalue weighted by Gasteiger charge is 2.32. The van der Waals surface area contributed by atoms with Crippen molar-refractivity contribution in [2.24, 2.45) is 0 Å². The molecule has 9 heteroatoms.